The molecule has 0 amide bonds. The van der Waals surface area contributed by atoms with Crippen molar-refractivity contribution in [3.8, 4) is 0 Å². The lowest BCUT2D eigenvalue weighted by molar-refractivity contribution is -0.0535. The van der Waals surface area contributed by atoms with E-state index in [4.69, 9.17) is 0 Å². The topological polar surface area (TPSA) is 0 Å². The summed E-state index contributed by atoms with van der Waals surface area (Å²) in [6, 6.07) is 0. The second-order valence-corrected chi connectivity index (χ2v) is 6.71. The summed E-state index contributed by atoms with van der Waals surface area (Å²) in [7, 11) is 0. The standard InChI is InChI=1S/C16H30/c1-12(2)16-13(3)14-10-8-6-4-5-7-9-11-15(14)16/h12-16H,4-11H2,1-3H3. The molecule has 0 N–H and O–H groups in total. The van der Waals surface area contributed by atoms with Crippen molar-refractivity contribution in [3.63, 3.8) is 0 Å². The fourth-order valence-electron chi connectivity index (χ4n) is 4.66. The SMILES string of the molecule is CC(C)C1C(C)C2CCCCCCCCC21. The molecular formula is C16H30. The van der Waals surface area contributed by atoms with Crippen molar-refractivity contribution in [2.45, 2.75) is 72.1 Å². The second-order valence-electron chi connectivity index (χ2n) is 6.71. The van der Waals surface area contributed by atoms with Crippen molar-refractivity contribution in [1.82, 2.24) is 0 Å². The molecule has 2 aliphatic rings. The normalized spacial score (nSPS) is 41.2. The van der Waals surface area contributed by atoms with Crippen LogP contribution in [0.4, 0.5) is 0 Å². The van der Waals surface area contributed by atoms with Gasteiger partial charge in [-0.3, -0.25) is 0 Å². The monoisotopic (exact) mass is 222 g/mol. The van der Waals surface area contributed by atoms with Gasteiger partial charge in [0.1, 0.15) is 0 Å². The molecule has 4 atom stereocenters. The van der Waals surface area contributed by atoms with Crippen molar-refractivity contribution in [3.05, 3.63) is 0 Å². The molecule has 0 heterocycles. The van der Waals surface area contributed by atoms with Gasteiger partial charge in [-0.1, -0.05) is 59.3 Å². The summed E-state index contributed by atoms with van der Waals surface area (Å²) in [6.07, 6.45) is 12.1. The molecule has 0 aromatic heterocycles. The van der Waals surface area contributed by atoms with Crippen LogP contribution in [0.3, 0.4) is 0 Å². The van der Waals surface area contributed by atoms with Crippen molar-refractivity contribution >= 4 is 0 Å². The van der Waals surface area contributed by atoms with Crippen LogP contribution in [0.15, 0.2) is 0 Å². The largest absolute Gasteiger partial charge is 0.0625 e. The van der Waals surface area contributed by atoms with Crippen LogP contribution in [-0.2, 0) is 0 Å². The number of fused-ring (bicyclic) bond motifs is 1. The molecule has 0 radical (unpaired) electrons. The van der Waals surface area contributed by atoms with E-state index in [0.29, 0.717) is 0 Å². The lowest BCUT2D eigenvalue weighted by atomic mass is 9.51. The summed E-state index contributed by atoms with van der Waals surface area (Å²) >= 11 is 0. The summed E-state index contributed by atoms with van der Waals surface area (Å²) < 4.78 is 0. The number of hydrogen-bond acceptors (Lipinski definition) is 0. The van der Waals surface area contributed by atoms with Crippen LogP contribution < -0.4 is 0 Å². The Kier molecular flexibility index (Phi) is 4.33. The molecule has 0 bridgehead atoms. The summed E-state index contributed by atoms with van der Waals surface area (Å²) in [5, 5.41) is 0. The van der Waals surface area contributed by atoms with Gasteiger partial charge in [0, 0.05) is 0 Å². The summed E-state index contributed by atoms with van der Waals surface area (Å²) in [6.45, 7) is 7.41. The van der Waals surface area contributed by atoms with Crippen LogP contribution in [0.2, 0.25) is 0 Å². The van der Waals surface area contributed by atoms with Crippen molar-refractivity contribution in [2.24, 2.45) is 29.6 Å². The summed E-state index contributed by atoms with van der Waals surface area (Å²) in [5.41, 5.74) is 0. The Balaban J connectivity index is 1.94. The minimum atomic E-state index is 0.916. The third kappa shape index (κ3) is 2.46. The maximum Gasteiger partial charge on any atom is -0.0331 e. The van der Waals surface area contributed by atoms with E-state index in [1.807, 2.05) is 0 Å². The maximum atomic E-state index is 2.53. The Morgan fingerprint density at radius 1 is 0.750 bits per heavy atom. The molecule has 2 fully saturated rings. The molecule has 2 aliphatic carbocycles. The smallest absolute Gasteiger partial charge is 0.0331 e. The Morgan fingerprint density at radius 3 is 1.81 bits per heavy atom. The first-order chi connectivity index (χ1) is 7.72. The lowest BCUT2D eigenvalue weighted by Gasteiger charge is -2.54. The first-order valence-corrected chi connectivity index (χ1v) is 7.72. The molecule has 0 aromatic rings. The van der Waals surface area contributed by atoms with Gasteiger partial charge in [0.2, 0.25) is 0 Å². The van der Waals surface area contributed by atoms with Crippen molar-refractivity contribution in [1.29, 1.82) is 0 Å². The van der Waals surface area contributed by atoms with E-state index in [-0.39, 0.29) is 0 Å². The zero-order valence-electron chi connectivity index (χ0n) is 11.5. The molecule has 0 spiro atoms. The third-order valence-electron chi connectivity index (χ3n) is 5.42. The van der Waals surface area contributed by atoms with Gasteiger partial charge in [0.05, 0.1) is 0 Å². The predicted octanol–water partition coefficient (Wildman–Crippen LogP) is 5.28. The van der Waals surface area contributed by atoms with Crippen LogP contribution >= 0.6 is 0 Å². The van der Waals surface area contributed by atoms with Crippen molar-refractivity contribution in [2.75, 3.05) is 0 Å². The van der Waals surface area contributed by atoms with E-state index in [2.05, 4.69) is 20.8 Å². The first-order valence-electron chi connectivity index (χ1n) is 7.72. The van der Waals surface area contributed by atoms with E-state index in [0.717, 1.165) is 29.6 Å². The maximum absolute atomic E-state index is 2.53. The second kappa shape index (κ2) is 5.56. The van der Waals surface area contributed by atoms with Gasteiger partial charge in [0.25, 0.3) is 0 Å². The van der Waals surface area contributed by atoms with E-state index in [1.165, 1.54) is 51.4 Å². The zero-order valence-corrected chi connectivity index (χ0v) is 11.5. The Morgan fingerprint density at radius 2 is 1.25 bits per heavy atom. The minimum Gasteiger partial charge on any atom is -0.0625 e. The van der Waals surface area contributed by atoms with Gasteiger partial charge in [-0.25, -0.2) is 0 Å². The van der Waals surface area contributed by atoms with Gasteiger partial charge in [-0.05, 0) is 42.4 Å². The molecule has 0 aliphatic heterocycles. The highest BCUT2D eigenvalue weighted by Gasteiger charge is 2.47. The summed E-state index contributed by atoms with van der Waals surface area (Å²) in [4.78, 5) is 0. The van der Waals surface area contributed by atoms with Gasteiger partial charge >= 0.3 is 0 Å². The number of rotatable bonds is 1. The molecule has 4 unspecified atom stereocenters. The molecule has 0 heteroatoms. The van der Waals surface area contributed by atoms with E-state index in [9.17, 15) is 0 Å². The van der Waals surface area contributed by atoms with E-state index in [1.54, 1.807) is 0 Å². The molecular weight excluding hydrogens is 192 g/mol. The van der Waals surface area contributed by atoms with Crippen LogP contribution in [0, 0.1) is 29.6 Å². The molecule has 94 valence electrons. The van der Waals surface area contributed by atoms with Gasteiger partial charge in [-0.2, -0.15) is 0 Å². The lowest BCUT2D eigenvalue weighted by Crippen LogP contribution is -2.47. The van der Waals surface area contributed by atoms with Gasteiger partial charge in [-0.15, -0.1) is 0 Å². The van der Waals surface area contributed by atoms with Crippen LogP contribution in [0.1, 0.15) is 72.1 Å². The quantitative estimate of drug-likeness (QED) is 0.566. The fraction of sp³-hybridized carbons (Fsp3) is 1.00. The molecule has 0 saturated heterocycles. The third-order valence-corrected chi connectivity index (χ3v) is 5.42. The van der Waals surface area contributed by atoms with Crippen molar-refractivity contribution < 1.29 is 0 Å². The molecule has 2 saturated carbocycles. The predicted molar refractivity (Wildman–Crippen MR) is 71.4 cm³/mol. The average Bonchev–Trinajstić information content (AvgIpc) is 2.25. The molecule has 16 heavy (non-hydrogen) atoms. The highest BCUT2D eigenvalue weighted by Crippen LogP contribution is 2.54. The fourth-order valence-corrected chi connectivity index (χ4v) is 4.66. The van der Waals surface area contributed by atoms with Crippen LogP contribution in [0.25, 0.3) is 0 Å². The summed E-state index contributed by atoms with van der Waals surface area (Å²) in [5.74, 6) is 5.16. The first kappa shape index (κ1) is 12.5. The highest BCUT2D eigenvalue weighted by molar-refractivity contribution is 4.95. The minimum absolute atomic E-state index is 0.916. The highest BCUT2D eigenvalue weighted by atomic mass is 14.5. The Hall–Kier alpha value is 0. The van der Waals surface area contributed by atoms with Crippen LogP contribution in [0.5, 0.6) is 0 Å². The van der Waals surface area contributed by atoms with Crippen LogP contribution in [-0.4, -0.2) is 0 Å². The molecule has 0 nitrogen and oxygen atoms in total. The van der Waals surface area contributed by atoms with Gasteiger partial charge < -0.3 is 0 Å². The zero-order chi connectivity index (χ0) is 11.5. The Bertz CT molecular complexity index is 206. The molecule has 0 aromatic carbocycles. The van der Waals surface area contributed by atoms with E-state index < -0.39 is 0 Å². The van der Waals surface area contributed by atoms with E-state index >= 15 is 0 Å². The average molecular weight is 222 g/mol. The molecule has 2 rings (SSSR count). The number of hydrogen-bond donors (Lipinski definition) is 0. The van der Waals surface area contributed by atoms with Gasteiger partial charge in [0.15, 0.2) is 0 Å². The Labute approximate surface area is 102 Å².